The number of carbonyl (C=O) groups is 1. The molecule has 0 aliphatic heterocycles. The van der Waals surface area contributed by atoms with Crippen LogP contribution in [0.5, 0.6) is 0 Å². The zero-order valence-electron chi connectivity index (χ0n) is 17.3. The molecule has 0 saturated carbocycles. The van der Waals surface area contributed by atoms with E-state index in [1.165, 1.54) is 24.3 Å². The molecule has 1 amide bonds. The third kappa shape index (κ3) is 4.63. The van der Waals surface area contributed by atoms with Gasteiger partial charge in [-0.05, 0) is 66.2 Å². The molecule has 1 N–H and O–H groups in total. The Balaban J connectivity index is 1.64. The molecular formula is C25H21FN2O3S. The fourth-order valence-corrected chi connectivity index (χ4v) is 4.78. The number of aryl methyl sites for hydroxylation is 1. The van der Waals surface area contributed by atoms with E-state index in [4.69, 9.17) is 0 Å². The number of carbonyl (C=O) groups excluding carboxylic acids is 1. The van der Waals surface area contributed by atoms with Crippen LogP contribution in [-0.4, -0.2) is 20.9 Å². The highest BCUT2D eigenvalue weighted by atomic mass is 32.2. The first-order chi connectivity index (χ1) is 15.3. The zero-order chi connectivity index (χ0) is 22.7. The van der Waals surface area contributed by atoms with Gasteiger partial charge >= 0.3 is 0 Å². The van der Waals surface area contributed by atoms with Crippen LogP contribution in [0, 0.1) is 12.7 Å². The summed E-state index contributed by atoms with van der Waals surface area (Å²) in [6.07, 6.45) is 0. The number of halogens is 1. The van der Waals surface area contributed by atoms with Crippen molar-refractivity contribution in [3.8, 4) is 0 Å². The number of hydrogen-bond donors (Lipinski definition) is 1. The first-order valence-electron chi connectivity index (χ1n) is 9.96. The van der Waals surface area contributed by atoms with Crippen molar-refractivity contribution in [2.45, 2.75) is 11.8 Å². The van der Waals surface area contributed by atoms with Gasteiger partial charge in [0.25, 0.3) is 10.0 Å². The molecule has 0 aromatic heterocycles. The summed E-state index contributed by atoms with van der Waals surface area (Å²) in [5, 5.41) is 4.74. The van der Waals surface area contributed by atoms with Crippen LogP contribution in [0.1, 0.15) is 5.56 Å². The van der Waals surface area contributed by atoms with Crippen LogP contribution in [0.25, 0.3) is 10.8 Å². The summed E-state index contributed by atoms with van der Waals surface area (Å²) in [6, 6.07) is 24.5. The minimum absolute atomic E-state index is 0.0472. The number of benzene rings is 4. The Morgan fingerprint density at radius 2 is 1.53 bits per heavy atom. The number of sulfonamides is 1. The third-order valence-corrected chi connectivity index (χ3v) is 6.83. The van der Waals surface area contributed by atoms with Gasteiger partial charge in [-0.1, -0.05) is 48.0 Å². The molecule has 4 aromatic rings. The number of anilines is 2. The molecule has 5 nitrogen and oxygen atoms in total. The maximum absolute atomic E-state index is 13.4. The number of amides is 1. The van der Waals surface area contributed by atoms with E-state index >= 15 is 0 Å². The van der Waals surface area contributed by atoms with Crippen LogP contribution in [0.4, 0.5) is 15.8 Å². The summed E-state index contributed by atoms with van der Waals surface area (Å²) in [4.78, 5) is 12.9. The molecule has 0 fully saturated rings. The Morgan fingerprint density at radius 1 is 0.875 bits per heavy atom. The smallest absolute Gasteiger partial charge is 0.264 e. The Labute approximate surface area is 186 Å². The molecule has 0 saturated heterocycles. The molecule has 0 atom stereocenters. The third-order valence-electron chi connectivity index (χ3n) is 5.04. The topological polar surface area (TPSA) is 66.5 Å². The van der Waals surface area contributed by atoms with E-state index in [9.17, 15) is 17.6 Å². The first kappa shape index (κ1) is 21.5. The largest absolute Gasteiger partial charge is 0.324 e. The van der Waals surface area contributed by atoms with Gasteiger partial charge in [0.15, 0.2) is 0 Å². The lowest BCUT2D eigenvalue weighted by Gasteiger charge is -2.24. The van der Waals surface area contributed by atoms with Crippen molar-refractivity contribution < 1.29 is 17.6 Å². The number of hydrogen-bond acceptors (Lipinski definition) is 3. The van der Waals surface area contributed by atoms with Gasteiger partial charge in [-0.15, -0.1) is 0 Å². The van der Waals surface area contributed by atoms with E-state index < -0.39 is 28.3 Å². The van der Waals surface area contributed by atoms with E-state index in [-0.39, 0.29) is 10.6 Å². The standard InChI is InChI=1S/C25H21FN2O3S/c1-18-6-14-24(15-7-18)32(30,31)28(23-12-9-21(26)10-13-23)17-25(29)27-22-11-8-19-4-2-3-5-20(19)16-22/h2-16H,17H2,1H3,(H,27,29). The Kier molecular flexibility index (Phi) is 5.92. The van der Waals surface area contributed by atoms with Crippen molar-refractivity contribution >= 4 is 38.1 Å². The van der Waals surface area contributed by atoms with Gasteiger partial charge < -0.3 is 5.32 Å². The molecule has 32 heavy (non-hydrogen) atoms. The quantitative estimate of drug-likeness (QED) is 0.445. The summed E-state index contributed by atoms with van der Waals surface area (Å²) in [6.45, 7) is 1.39. The summed E-state index contributed by atoms with van der Waals surface area (Å²) in [5.41, 5.74) is 1.66. The average Bonchev–Trinajstić information content (AvgIpc) is 2.78. The molecule has 0 unspecified atom stereocenters. The Bertz CT molecular complexity index is 1370. The predicted octanol–water partition coefficient (Wildman–Crippen LogP) is 5.12. The van der Waals surface area contributed by atoms with Crippen LogP contribution in [0.15, 0.2) is 95.9 Å². The van der Waals surface area contributed by atoms with E-state index in [0.29, 0.717) is 5.69 Å². The predicted molar refractivity (Wildman–Crippen MR) is 125 cm³/mol. The van der Waals surface area contributed by atoms with Crippen molar-refractivity contribution in [2.75, 3.05) is 16.2 Å². The lowest BCUT2D eigenvalue weighted by atomic mass is 10.1. The minimum atomic E-state index is -4.06. The molecule has 0 bridgehead atoms. The van der Waals surface area contributed by atoms with Crippen molar-refractivity contribution in [2.24, 2.45) is 0 Å². The van der Waals surface area contributed by atoms with E-state index in [2.05, 4.69) is 5.32 Å². The highest BCUT2D eigenvalue weighted by Gasteiger charge is 2.27. The molecule has 0 aliphatic carbocycles. The molecule has 0 spiro atoms. The number of rotatable bonds is 6. The van der Waals surface area contributed by atoms with Crippen LogP contribution in [-0.2, 0) is 14.8 Å². The molecule has 4 rings (SSSR count). The van der Waals surface area contributed by atoms with Gasteiger partial charge in [0, 0.05) is 5.69 Å². The van der Waals surface area contributed by atoms with Crippen molar-refractivity contribution in [3.05, 3.63) is 102 Å². The lowest BCUT2D eigenvalue weighted by Crippen LogP contribution is -2.38. The van der Waals surface area contributed by atoms with Crippen LogP contribution < -0.4 is 9.62 Å². The molecule has 0 heterocycles. The van der Waals surface area contributed by atoms with Gasteiger partial charge in [-0.3, -0.25) is 9.10 Å². The maximum Gasteiger partial charge on any atom is 0.264 e. The van der Waals surface area contributed by atoms with Crippen molar-refractivity contribution in [1.29, 1.82) is 0 Å². The number of fused-ring (bicyclic) bond motifs is 1. The number of nitrogens with one attached hydrogen (secondary N) is 1. The summed E-state index contributed by atoms with van der Waals surface area (Å²) < 4.78 is 41.1. The molecule has 162 valence electrons. The minimum Gasteiger partial charge on any atom is -0.324 e. The van der Waals surface area contributed by atoms with Gasteiger partial charge in [0.1, 0.15) is 12.4 Å². The molecular weight excluding hydrogens is 427 g/mol. The summed E-state index contributed by atoms with van der Waals surface area (Å²) in [5.74, 6) is -1.01. The second kappa shape index (κ2) is 8.80. The van der Waals surface area contributed by atoms with E-state index in [1.54, 1.807) is 18.2 Å². The highest BCUT2D eigenvalue weighted by Crippen LogP contribution is 2.25. The molecule has 7 heteroatoms. The lowest BCUT2D eigenvalue weighted by molar-refractivity contribution is -0.114. The molecule has 0 radical (unpaired) electrons. The highest BCUT2D eigenvalue weighted by molar-refractivity contribution is 7.92. The summed E-state index contributed by atoms with van der Waals surface area (Å²) in [7, 11) is -4.06. The van der Waals surface area contributed by atoms with Gasteiger partial charge in [0.2, 0.25) is 5.91 Å². The molecule has 4 aromatic carbocycles. The van der Waals surface area contributed by atoms with E-state index in [1.807, 2.05) is 43.3 Å². The second-order valence-electron chi connectivity index (χ2n) is 7.41. The summed E-state index contributed by atoms with van der Waals surface area (Å²) >= 11 is 0. The fraction of sp³-hybridized carbons (Fsp3) is 0.0800. The fourth-order valence-electron chi connectivity index (χ4n) is 3.36. The van der Waals surface area contributed by atoms with Crippen molar-refractivity contribution in [1.82, 2.24) is 0 Å². The normalized spacial score (nSPS) is 11.3. The SMILES string of the molecule is Cc1ccc(S(=O)(=O)N(CC(=O)Nc2ccc3ccccc3c2)c2ccc(F)cc2)cc1. The van der Waals surface area contributed by atoms with Crippen LogP contribution in [0.3, 0.4) is 0 Å². The average molecular weight is 449 g/mol. The monoisotopic (exact) mass is 448 g/mol. The van der Waals surface area contributed by atoms with Crippen molar-refractivity contribution in [3.63, 3.8) is 0 Å². The Hall–Kier alpha value is -3.71. The number of nitrogens with zero attached hydrogens (tertiary/aromatic N) is 1. The van der Waals surface area contributed by atoms with Crippen LogP contribution >= 0.6 is 0 Å². The van der Waals surface area contributed by atoms with Gasteiger partial charge in [0.05, 0.1) is 10.6 Å². The first-order valence-corrected chi connectivity index (χ1v) is 11.4. The van der Waals surface area contributed by atoms with Gasteiger partial charge in [-0.2, -0.15) is 0 Å². The van der Waals surface area contributed by atoms with Gasteiger partial charge in [-0.25, -0.2) is 12.8 Å². The maximum atomic E-state index is 13.4. The zero-order valence-corrected chi connectivity index (χ0v) is 18.1. The van der Waals surface area contributed by atoms with Crippen LogP contribution in [0.2, 0.25) is 0 Å². The Morgan fingerprint density at radius 3 is 2.22 bits per heavy atom. The second-order valence-corrected chi connectivity index (χ2v) is 9.27. The molecule has 0 aliphatic rings. The van der Waals surface area contributed by atoms with E-state index in [0.717, 1.165) is 32.8 Å².